The molecular formula is C15H16ClN3O2. The first-order valence-corrected chi connectivity index (χ1v) is 7.32. The predicted octanol–water partition coefficient (Wildman–Crippen LogP) is 2.76. The number of hydrogen-bond acceptors (Lipinski definition) is 3. The lowest BCUT2D eigenvalue weighted by molar-refractivity contribution is -0.116. The lowest BCUT2D eigenvalue weighted by Crippen LogP contribution is -2.20. The standard InChI is InChI=1S/C15H16ClN3O2/c16-10-5-6-14(20)12(7-10)18-15(21)8-19-9-17-11-3-1-2-4-13(11)19/h5-7,9,20H,1-4,8H2,(H,18,21). The number of nitrogens with one attached hydrogen (secondary N) is 1. The molecule has 0 radical (unpaired) electrons. The normalized spacial score (nSPS) is 13.8. The summed E-state index contributed by atoms with van der Waals surface area (Å²) in [6.45, 7) is 0.189. The second kappa shape index (κ2) is 5.77. The second-order valence-corrected chi connectivity index (χ2v) is 5.62. The van der Waals surface area contributed by atoms with Crippen molar-refractivity contribution in [3.8, 4) is 5.75 Å². The second-order valence-electron chi connectivity index (χ2n) is 5.18. The smallest absolute Gasteiger partial charge is 0.244 e. The molecule has 21 heavy (non-hydrogen) atoms. The van der Waals surface area contributed by atoms with Crippen molar-refractivity contribution in [2.45, 2.75) is 32.2 Å². The van der Waals surface area contributed by atoms with Gasteiger partial charge in [-0.1, -0.05) is 11.6 Å². The van der Waals surface area contributed by atoms with E-state index in [4.69, 9.17) is 11.6 Å². The highest BCUT2D eigenvalue weighted by Crippen LogP contribution is 2.26. The molecule has 0 saturated carbocycles. The number of hydrogen-bond donors (Lipinski definition) is 2. The van der Waals surface area contributed by atoms with Crippen LogP contribution in [0.15, 0.2) is 24.5 Å². The van der Waals surface area contributed by atoms with Crippen LogP contribution in [0.3, 0.4) is 0 Å². The molecule has 1 amide bonds. The topological polar surface area (TPSA) is 67.2 Å². The monoisotopic (exact) mass is 305 g/mol. The maximum Gasteiger partial charge on any atom is 0.244 e. The van der Waals surface area contributed by atoms with Gasteiger partial charge in [0.1, 0.15) is 12.3 Å². The molecule has 0 fully saturated rings. The van der Waals surface area contributed by atoms with Gasteiger partial charge >= 0.3 is 0 Å². The van der Waals surface area contributed by atoms with Gasteiger partial charge in [-0.3, -0.25) is 4.79 Å². The third-order valence-electron chi connectivity index (χ3n) is 3.66. The molecule has 1 heterocycles. The van der Waals surface area contributed by atoms with Crippen molar-refractivity contribution >= 4 is 23.2 Å². The van der Waals surface area contributed by atoms with Gasteiger partial charge in [0.2, 0.25) is 5.91 Å². The minimum atomic E-state index is -0.210. The fourth-order valence-corrected chi connectivity index (χ4v) is 2.79. The molecule has 1 aromatic carbocycles. The number of phenols is 1. The Labute approximate surface area is 127 Å². The third-order valence-corrected chi connectivity index (χ3v) is 3.89. The van der Waals surface area contributed by atoms with E-state index in [-0.39, 0.29) is 18.2 Å². The molecule has 6 heteroatoms. The van der Waals surface area contributed by atoms with E-state index >= 15 is 0 Å². The fraction of sp³-hybridized carbons (Fsp3) is 0.333. The van der Waals surface area contributed by atoms with Crippen LogP contribution in [-0.2, 0) is 24.2 Å². The number of amides is 1. The molecule has 0 spiro atoms. The zero-order chi connectivity index (χ0) is 14.8. The van der Waals surface area contributed by atoms with Gasteiger partial charge in [-0.25, -0.2) is 4.98 Å². The van der Waals surface area contributed by atoms with E-state index in [0.29, 0.717) is 10.7 Å². The SMILES string of the molecule is O=C(Cn1cnc2c1CCCC2)Nc1cc(Cl)ccc1O. The van der Waals surface area contributed by atoms with E-state index < -0.39 is 0 Å². The van der Waals surface area contributed by atoms with E-state index in [1.165, 1.54) is 12.1 Å². The van der Waals surface area contributed by atoms with Gasteiger partial charge in [0, 0.05) is 10.7 Å². The zero-order valence-corrected chi connectivity index (χ0v) is 12.2. The van der Waals surface area contributed by atoms with E-state index in [9.17, 15) is 9.90 Å². The summed E-state index contributed by atoms with van der Waals surface area (Å²) in [6, 6.07) is 4.55. The van der Waals surface area contributed by atoms with Gasteiger partial charge in [0.25, 0.3) is 0 Å². The van der Waals surface area contributed by atoms with Crippen molar-refractivity contribution in [2.75, 3.05) is 5.32 Å². The van der Waals surface area contributed by atoms with Gasteiger partial charge in [-0.2, -0.15) is 0 Å². The number of aromatic nitrogens is 2. The van der Waals surface area contributed by atoms with E-state index in [1.807, 2.05) is 4.57 Å². The molecule has 0 bridgehead atoms. The molecule has 0 atom stereocenters. The Balaban J connectivity index is 1.72. The maximum absolute atomic E-state index is 12.1. The molecule has 110 valence electrons. The molecule has 1 aliphatic carbocycles. The maximum atomic E-state index is 12.1. The molecule has 3 rings (SSSR count). The van der Waals surface area contributed by atoms with Crippen LogP contribution in [0.4, 0.5) is 5.69 Å². The Morgan fingerprint density at radius 2 is 2.19 bits per heavy atom. The molecular weight excluding hydrogens is 290 g/mol. The van der Waals surface area contributed by atoms with Gasteiger partial charge < -0.3 is 15.0 Å². The zero-order valence-electron chi connectivity index (χ0n) is 11.5. The summed E-state index contributed by atoms with van der Waals surface area (Å²) in [5, 5.41) is 12.8. The minimum absolute atomic E-state index is 0.000380. The van der Waals surface area contributed by atoms with Crippen molar-refractivity contribution in [1.82, 2.24) is 9.55 Å². The summed E-state index contributed by atoms with van der Waals surface area (Å²) in [5.41, 5.74) is 2.56. The molecule has 2 N–H and O–H groups in total. The summed E-state index contributed by atoms with van der Waals surface area (Å²) in [6.07, 6.45) is 5.96. The van der Waals surface area contributed by atoms with Crippen LogP contribution in [-0.4, -0.2) is 20.6 Å². The number of carbonyl (C=O) groups excluding carboxylic acids is 1. The first-order chi connectivity index (χ1) is 10.1. The number of nitrogens with zero attached hydrogens (tertiary/aromatic N) is 2. The Kier molecular flexibility index (Phi) is 3.84. The van der Waals surface area contributed by atoms with Crippen LogP contribution < -0.4 is 5.32 Å². The molecule has 0 saturated heterocycles. The third kappa shape index (κ3) is 3.03. The van der Waals surface area contributed by atoms with Gasteiger partial charge in [0.05, 0.1) is 17.7 Å². The van der Waals surface area contributed by atoms with Gasteiger partial charge in [-0.15, -0.1) is 0 Å². The van der Waals surface area contributed by atoms with Crippen molar-refractivity contribution < 1.29 is 9.90 Å². The number of anilines is 1. The highest BCUT2D eigenvalue weighted by Gasteiger charge is 2.17. The number of aryl methyl sites for hydroxylation is 1. The summed E-state index contributed by atoms with van der Waals surface area (Å²) in [5.74, 6) is -0.209. The average molecular weight is 306 g/mol. The lowest BCUT2D eigenvalue weighted by atomic mass is 10.0. The number of rotatable bonds is 3. The molecule has 5 nitrogen and oxygen atoms in total. The summed E-state index contributed by atoms with van der Waals surface area (Å²) >= 11 is 5.86. The highest BCUT2D eigenvalue weighted by atomic mass is 35.5. The van der Waals surface area contributed by atoms with Crippen molar-refractivity contribution in [3.63, 3.8) is 0 Å². The molecule has 2 aromatic rings. The van der Waals surface area contributed by atoms with Crippen LogP contribution in [0.2, 0.25) is 5.02 Å². The first kappa shape index (κ1) is 13.9. The average Bonchev–Trinajstić information content (AvgIpc) is 2.86. The van der Waals surface area contributed by atoms with Crippen molar-refractivity contribution in [3.05, 3.63) is 40.9 Å². The predicted molar refractivity (Wildman–Crippen MR) is 80.6 cm³/mol. The largest absolute Gasteiger partial charge is 0.506 e. The number of halogens is 1. The quantitative estimate of drug-likeness (QED) is 0.857. The van der Waals surface area contributed by atoms with E-state index in [0.717, 1.165) is 37.1 Å². The number of imidazole rings is 1. The summed E-state index contributed by atoms with van der Waals surface area (Å²) in [4.78, 5) is 16.5. The summed E-state index contributed by atoms with van der Waals surface area (Å²) in [7, 11) is 0. The minimum Gasteiger partial charge on any atom is -0.506 e. The Morgan fingerprint density at radius 3 is 3.05 bits per heavy atom. The highest BCUT2D eigenvalue weighted by molar-refractivity contribution is 6.31. The lowest BCUT2D eigenvalue weighted by Gasteiger charge is -2.14. The number of carbonyl (C=O) groups is 1. The number of benzene rings is 1. The number of fused-ring (bicyclic) bond motifs is 1. The van der Waals surface area contributed by atoms with Crippen LogP contribution in [0.1, 0.15) is 24.2 Å². The first-order valence-electron chi connectivity index (χ1n) is 6.95. The Hall–Kier alpha value is -2.01. The molecule has 1 aromatic heterocycles. The fourth-order valence-electron chi connectivity index (χ4n) is 2.62. The van der Waals surface area contributed by atoms with Crippen molar-refractivity contribution in [1.29, 1.82) is 0 Å². The van der Waals surface area contributed by atoms with Crippen LogP contribution in [0, 0.1) is 0 Å². The van der Waals surface area contributed by atoms with Crippen LogP contribution in [0.5, 0.6) is 5.75 Å². The van der Waals surface area contributed by atoms with E-state index in [2.05, 4.69) is 10.3 Å². The van der Waals surface area contributed by atoms with Crippen LogP contribution in [0.25, 0.3) is 0 Å². The van der Waals surface area contributed by atoms with Crippen molar-refractivity contribution in [2.24, 2.45) is 0 Å². The molecule has 1 aliphatic rings. The van der Waals surface area contributed by atoms with Gasteiger partial charge in [0.15, 0.2) is 0 Å². The van der Waals surface area contributed by atoms with Crippen LogP contribution >= 0.6 is 11.6 Å². The van der Waals surface area contributed by atoms with Gasteiger partial charge in [-0.05, 0) is 43.9 Å². The number of phenolic OH excluding ortho intramolecular Hbond substituents is 1. The van der Waals surface area contributed by atoms with E-state index in [1.54, 1.807) is 12.4 Å². The summed E-state index contributed by atoms with van der Waals surface area (Å²) < 4.78 is 1.88. The molecule has 0 unspecified atom stereocenters. The number of aromatic hydroxyl groups is 1. The Bertz CT molecular complexity index is 682. The Morgan fingerprint density at radius 1 is 1.38 bits per heavy atom. The molecule has 0 aliphatic heterocycles.